The Morgan fingerprint density at radius 3 is 2.75 bits per heavy atom. The normalized spacial score (nSPS) is 28.3. The van der Waals surface area contributed by atoms with Crippen molar-refractivity contribution in [3.8, 4) is 0 Å². The average molecular weight is 226 g/mol. The highest BCUT2D eigenvalue weighted by Crippen LogP contribution is 2.36. The van der Waals surface area contributed by atoms with Crippen LogP contribution >= 0.6 is 0 Å². The Balaban J connectivity index is 1.81. The van der Waals surface area contributed by atoms with E-state index in [2.05, 4.69) is 24.1 Å². The van der Waals surface area contributed by atoms with Crippen LogP contribution in [-0.4, -0.2) is 49.8 Å². The molecule has 1 unspecified atom stereocenters. The average Bonchev–Trinajstić information content (AvgIpc) is 3.11. The fourth-order valence-corrected chi connectivity index (χ4v) is 2.51. The van der Waals surface area contributed by atoms with Crippen LogP contribution in [0.1, 0.15) is 33.1 Å². The first kappa shape index (κ1) is 12.3. The number of ether oxygens (including phenoxy) is 1. The Kier molecular flexibility index (Phi) is 3.88. The SMILES string of the molecule is COC(C)(C)CCN1CCNCC1C1CC1. The lowest BCUT2D eigenvalue weighted by atomic mass is 10.0. The molecule has 0 aromatic rings. The number of hydrogen-bond acceptors (Lipinski definition) is 3. The molecule has 3 heteroatoms. The first-order valence-electron chi connectivity index (χ1n) is 6.62. The van der Waals surface area contributed by atoms with Crippen molar-refractivity contribution in [3.05, 3.63) is 0 Å². The van der Waals surface area contributed by atoms with Gasteiger partial charge in [-0.2, -0.15) is 0 Å². The van der Waals surface area contributed by atoms with Crippen molar-refractivity contribution in [1.82, 2.24) is 10.2 Å². The fourth-order valence-electron chi connectivity index (χ4n) is 2.51. The molecule has 0 radical (unpaired) electrons. The van der Waals surface area contributed by atoms with Crippen LogP contribution in [0.15, 0.2) is 0 Å². The van der Waals surface area contributed by atoms with E-state index in [-0.39, 0.29) is 5.60 Å². The molecule has 94 valence electrons. The molecular formula is C13H26N2O. The summed E-state index contributed by atoms with van der Waals surface area (Å²) in [5, 5.41) is 3.52. The van der Waals surface area contributed by atoms with Gasteiger partial charge in [-0.1, -0.05) is 0 Å². The van der Waals surface area contributed by atoms with E-state index in [1.54, 1.807) is 0 Å². The monoisotopic (exact) mass is 226 g/mol. The molecule has 1 atom stereocenters. The molecule has 2 fully saturated rings. The van der Waals surface area contributed by atoms with Gasteiger partial charge >= 0.3 is 0 Å². The van der Waals surface area contributed by atoms with Gasteiger partial charge in [-0.25, -0.2) is 0 Å². The maximum absolute atomic E-state index is 5.50. The maximum Gasteiger partial charge on any atom is 0.0634 e. The fraction of sp³-hybridized carbons (Fsp3) is 1.00. The van der Waals surface area contributed by atoms with E-state index in [1.807, 2.05) is 7.11 Å². The standard InChI is InChI=1S/C13H26N2O/c1-13(2,16-3)6-8-15-9-7-14-10-12(15)11-4-5-11/h11-12,14H,4-10H2,1-3H3. The van der Waals surface area contributed by atoms with Crippen LogP contribution in [0.3, 0.4) is 0 Å². The van der Waals surface area contributed by atoms with Crippen molar-refractivity contribution >= 4 is 0 Å². The summed E-state index contributed by atoms with van der Waals surface area (Å²) < 4.78 is 5.50. The molecule has 1 aliphatic heterocycles. The number of rotatable bonds is 5. The molecule has 0 amide bonds. The molecule has 3 nitrogen and oxygen atoms in total. The molecule has 0 spiro atoms. The third kappa shape index (κ3) is 3.19. The second-order valence-corrected chi connectivity index (χ2v) is 5.86. The minimum absolute atomic E-state index is 0.0268. The second kappa shape index (κ2) is 5.03. The van der Waals surface area contributed by atoms with Gasteiger partial charge in [0, 0.05) is 39.3 Å². The van der Waals surface area contributed by atoms with Crippen molar-refractivity contribution in [3.63, 3.8) is 0 Å². The van der Waals surface area contributed by atoms with Crippen LogP contribution in [0.2, 0.25) is 0 Å². The van der Waals surface area contributed by atoms with Gasteiger partial charge in [0.2, 0.25) is 0 Å². The summed E-state index contributed by atoms with van der Waals surface area (Å²) in [5.41, 5.74) is 0.0268. The highest BCUT2D eigenvalue weighted by molar-refractivity contribution is 4.92. The summed E-state index contributed by atoms with van der Waals surface area (Å²) in [5.74, 6) is 0.971. The van der Waals surface area contributed by atoms with Gasteiger partial charge in [0.25, 0.3) is 0 Å². The molecule has 1 aliphatic carbocycles. The third-order valence-corrected chi connectivity index (χ3v) is 4.12. The zero-order chi connectivity index (χ0) is 11.6. The summed E-state index contributed by atoms with van der Waals surface area (Å²) >= 11 is 0. The van der Waals surface area contributed by atoms with Gasteiger partial charge < -0.3 is 10.1 Å². The Morgan fingerprint density at radius 1 is 1.38 bits per heavy atom. The molecule has 2 aliphatic rings. The molecule has 1 saturated carbocycles. The van der Waals surface area contributed by atoms with Gasteiger partial charge in [-0.05, 0) is 39.0 Å². The summed E-state index contributed by atoms with van der Waals surface area (Å²) in [6, 6.07) is 0.793. The first-order chi connectivity index (χ1) is 7.62. The number of methoxy groups -OCH3 is 1. The van der Waals surface area contributed by atoms with Crippen molar-refractivity contribution in [2.75, 3.05) is 33.3 Å². The molecular weight excluding hydrogens is 200 g/mol. The van der Waals surface area contributed by atoms with Crippen LogP contribution in [0.4, 0.5) is 0 Å². The van der Waals surface area contributed by atoms with Gasteiger partial charge in [-0.15, -0.1) is 0 Å². The van der Waals surface area contributed by atoms with Gasteiger partial charge in [0.1, 0.15) is 0 Å². The van der Waals surface area contributed by atoms with E-state index in [0.29, 0.717) is 0 Å². The summed E-state index contributed by atoms with van der Waals surface area (Å²) in [4.78, 5) is 2.68. The van der Waals surface area contributed by atoms with E-state index < -0.39 is 0 Å². The lowest BCUT2D eigenvalue weighted by molar-refractivity contribution is 0.000774. The topological polar surface area (TPSA) is 24.5 Å². The summed E-state index contributed by atoms with van der Waals surface area (Å²) in [6.07, 6.45) is 4.01. The van der Waals surface area contributed by atoms with Crippen LogP contribution in [0, 0.1) is 5.92 Å². The van der Waals surface area contributed by atoms with Crippen LogP contribution < -0.4 is 5.32 Å². The minimum atomic E-state index is 0.0268. The molecule has 0 bridgehead atoms. The zero-order valence-corrected chi connectivity index (χ0v) is 11.0. The number of nitrogens with one attached hydrogen (secondary N) is 1. The maximum atomic E-state index is 5.50. The van der Waals surface area contributed by atoms with Gasteiger partial charge in [0.05, 0.1) is 5.60 Å². The van der Waals surface area contributed by atoms with E-state index in [4.69, 9.17) is 4.74 Å². The Labute approximate surface area is 99.5 Å². The van der Waals surface area contributed by atoms with Crippen molar-refractivity contribution < 1.29 is 4.74 Å². The van der Waals surface area contributed by atoms with Crippen LogP contribution in [0.5, 0.6) is 0 Å². The van der Waals surface area contributed by atoms with Gasteiger partial charge in [-0.3, -0.25) is 4.90 Å². The van der Waals surface area contributed by atoms with E-state index in [9.17, 15) is 0 Å². The van der Waals surface area contributed by atoms with Crippen LogP contribution in [-0.2, 0) is 4.74 Å². The molecule has 1 heterocycles. The third-order valence-electron chi connectivity index (χ3n) is 4.12. The first-order valence-corrected chi connectivity index (χ1v) is 6.62. The quantitative estimate of drug-likeness (QED) is 0.768. The smallest absolute Gasteiger partial charge is 0.0634 e. The molecule has 16 heavy (non-hydrogen) atoms. The Bertz CT molecular complexity index is 226. The second-order valence-electron chi connectivity index (χ2n) is 5.86. The molecule has 0 aromatic heterocycles. The van der Waals surface area contributed by atoms with Gasteiger partial charge in [0.15, 0.2) is 0 Å². The highest BCUT2D eigenvalue weighted by Gasteiger charge is 2.36. The van der Waals surface area contributed by atoms with Crippen molar-refractivity contribution in [2.24, 2.45) is 5.92 Å². The summed E-state index contributed by atoms with van der Waals surface area (Å²) in [6.45, 7) is 9.10. The minimum Gasteiger partial charge on any atom is -0.379 e. The van der Waals surface area contributed by atoms with E-state index in [1.165, 1.54) is 32.5 Å². The largest absolute Gasteiger partial charge is 0.379 e. The lowest BCUT2D eigenvalue weighted by Crippen LogP contribution is -2.53. The predicted molar refractivity (Wildman–Crippen MR) is 66.7 cm³/mol. The lowest BCUT2D eigenvalue weighted by Gasteiger charge is -2.38. The van der Waals surface area contributed by atoms with Crippen molar-refractivity contribution in [2.45, 2.75) is 44.8 Å². The van der Waals surface area contributed by atoms with Crippen LogP contribution in [0.25, 0.3) is 0 Å². The summed E-state index contributed by atoms with van der Waals surface area (Å²) in [7, 11) is 1.82. The number of piperazine rings is 1. The molecule has 1 saturated heterocycles. The highest BCUT2D eigenvalue weighted by atomic mass is 16.5. The zero-order valence-electron chi connectivity index (χ0n) is 11.0. The predicted octanol–water partition coefficient (Wildman–Crippen LogP) is 1.49. The Hall–Kier alpha value is -0.120. The molecule has 1 N–H and O–H groups in total. The number of hydrogen-bond donors (Lipinski definition) is 1. The van der Waals surface area contributed by atoms with E-state index >= 15 is 0 Å². The van der Waals surface area contributed by atoms with E-state index in [0.717, 1.165) is 24.9 Å². The Morgan fingerprint density at radius 2 is 2.12 bits per heavy atom. The molecule has 0 aromatic carbocycles. The van der Waals surface area contributed by atoms with Crippen molar-refractivity contribution in [1.29, 1.82) is 0 Å². The number of nitrogens with zero attached hydrogens (tertiary/aromatic N) is 1. The molecule has 2 rings (SSSR count).